The molecule has 0 aromatic carbocycles. The van der Waals surface area contributed by atoms with E-state index in [2.05, 4.69) is 26.3 Å². The van der Waals surface area contributed by atoms with Crippen molar-refractivity contribution >= 4 is 52.7 Å². The first kappa shape index (κ1) is 31.1. The highest BCUT2D eigenvalue weighted by atomic mass is 16.6. The second kappa shape index (κ2) is 11.8. The van der Waals surface area contributed by atoms with E-state index in [4.69, 9.17) is 4.74 Å². The summed E-state index contributed by atoms with van der Waals surface area (Å²) in [6.07, 6.45) is 5.36. The Balaban J connectivity index is 1.40. The van der Waals surface area contributed by atoms with Crippen molar-refractivity contribution in [3.05, 3.63) is 65.9 Å². The second-order valence-corrected chi connectivity index (χ2v) is 11.0. The molecule has 0 aliphatic heterocycles. The molecule has 0 saturated heterocycles. The maximum absolute atomic E-state index is 13.0. The van der Waals surface area contributed by atoms with Crippen LogP contribution in [0.1, 0.15) is 62.9 Å². The van der Waals surface area contributed by atoms with E-state index in [1.54, 1.807) is 55.2 Å². The zero-order valence-electron chi connectivity index (χ0n) is 25.2. The molecule has 5 N–H and O–H groups in total. The molecule has 4 amide bonds. The Morgan fingerprint density at radius 1 is 0.659 bits per heavy atom. The van der Waals surface area contributed by atoms with Gasteiger partial charge in [0.1, 0.15) is 22.7 Å². The van der Waals surface area contributed by atoms with Gasteiger partial charge in [-0.05, 0) is 39.0 Å². The lowest BCUT2D eigenvalue weighted by molar-refractivity contribution is 0.0633. The summed E-state index contributed by atoms with van der Waals surface area (Å²) < 4.78 is 11.1. The first-order valence-electron chi connectivity index (χ1n) is 13.2. The Labute approximate surface area is 251 Å². The SMILES string of the molecule is Cn1cc(NC(=O)c2cc(NC(=O)c3nc(NC(=O)c4cc(NC(=O)OC(C)(C)C)cn4C)cn3C)cn2C)cc1C(=O)O. The van der Waals surface area contributed by atoms with Crippen molar-refractivity contribution in [2.24, 2.45) is 28.2 Å². The summed E-state index contributed by atoms with van der Waals surface area (Å²) >= 11 is 0. The maximum Gasteiger partial charge on any atom is 0.412 e. The number of hydrogen-bond acceptors (Lipinski definition) is 7. The quantitative estimate of drug-likeness (QED) is 0.201. The molecule has 0 aliphatic carbocycles. The smallest absolute Gasteiger partial charge is 0.412 e. The lowest BCUT2D eigenvalue weighted by atomic mass is 10.2. The van der Waals surface area contributed by atoms with E-state index in [9.17, 15) is 29.1 Å². The van der Waals surface area contributed by atoms with E-state index in [0.717, 1.165) is 0 Å². The molecule has 44 heavy (non-hydrogen) atoms. The molecule has 0 bridgehead atoms. The molecular formula is C28H33N9O7. The van der Waals surface area contributed by atoms with Gasteiger partial charge in [-0.1, -0.05) is 0 Å². The molecule has 0 atom stereocenters. The molecule has 4 rings (SSSR count). The molecule has 16 nitrogen and oxygen atoms in total. The van der Waals surface area contributed by atoms with E-state index in [1.807, 2.05) is 0 Å². The van der Waals surface area contributed by atoms with Gasteiger partial charge in [-0.3, -0.25) is 19.7 Å². The van der Waals surface area contributed by atoms with Crippen LogP contribution in [0.4, 0.5) is 27.7 Å². The number of imidazole rings is 1. The maximum atomic E-state index is 13.0. The van der Waals surface area contributed by atoms with Gasteiger partial charge in [-0.2, -0.15) is 0 Å². The van der Waals surface area contributed by atoms with E-state index in [0.29, 0.717) is 17.1 Å². The number of carboxylic acid groups (broad SMARTS) is 1. The number of aromatic nitrogens is 5. The first-order chi connectivity index (χ1) is 20.5. The third kappa shape index (κ3) is 7.15. The number of carbonyl (C=O) groups excluding carboxylic acids is 4. The van der Waals surface area contributed by atoms with Crippen LogP contribution in [0.25, 0.3) is 0 Å². The summed E-state index contributed by atoms with van der Waals surface area (Å²) in [5, 5.41) is 19.7. The predicted molar refractivity (Wildman–Crippen MR) is 160 cm³/mol. The van der Waals surface area contributed by atoms with Crippen LogP contribution in [-0.4, -0.2) is 63.7 Å². The first-order valence-corrected chi connectivity index (χ1v) is 13.2. The van der Waals surface area contributed by atoms with Crippen LogP contribution >= 0.6 is 0 Å². The molecule has 232 valence electrons. The molecule has 0 aliphatic rings. The van der Waals surface area contributed by atoms with Crippen LogP contribution in [-0.2, 0) is 32.9 Å². The van der Waals surface area contributed by atoms with Crippen molar-refractivity contribution in [3.63, 3.8) is 0 Å². The van der Waals surface area contributed by atoms with Gasteiger partial charge in [0.05, 0.1) is 17.1 Å². The van der Waals surface area contributed by atoms with E-state index in [-0.39, 0.29) is 28.7 Å². The Kier molecular flexibility index (Phi) is 8.37. The van der Waals surface area contributed by atoms with E-state index >= 15 is 0 Å². The van der Waals surface area contributed by atoms with Crippen LogP contribution in [0.5, 0.6) is 0 Å². The topological polar surface area (TPSA) is 196 Å². The van der Waals surface area contributed by atoms with Crippen LogP contribution in [0.2, 0.25) is 0 Å². The number of hydrogen-bond donors (Lipinski definition) is 5. The number of nitrogens with zero attached hydrogens (tertiary/aromatic N) is 5. The summed E-state index contributed by atoms with van der Waals surface area (Å²) in [6.45, 7) is 5.21. The van der Waals surface area contributed by atoms with Gasteiger partial charge in [0.25, 0.3) is 17.7 Å². The lowest BCUT2D eigenvalue weighted by Gasteiger charge is -2.19. The molecule has 0 spiro atoms. The third-order valence-electron chi connectivity index (χ3n) is 6.18. The molecule has 0 radical (unpaired) electrons. The lowest BCUT2D eigenvalue weighted by Crippen LogP contribution is -2.27. The molecule has 4 aromatic rings. The van der Waals surface area contributed by atoms with Crippen molar-refractivity contribution in [1.29, 1.82) is 0 Å². The highest BCUT2D eigenvalue weighted by Crippen LogP contribution is 2.20. The van der Waals surface area contributed by atoms with Gasteiger partial charge in [0.15, 0.2) is 5.82 Å². The summed E-state index contributed by atoms with van der Waals surface area (Å²) in [7, 11) is 6.38. The van der Waals surface area contributed by atoms with Crippen molar-refractivity contribution in [2.75, 3.05) is 21.3 Å². The highest BCUT2D eigenvalue weighted by molar-refractivity contribution is 6.07. The number of ether oxygens (including phenoxy) is 1. The molecule has 16 heteroatoms. The number of aromatic carboxylic acids is 1. The molecule has 4 aromatic heterocycles. The minimum atomic E-state index is -1.13. The minimum absolute atomic E-state index is 0.00868. The van der Waals surface area contributed by atoms with Crippen molar-refractivity contribution < 1.29 is 33.8 Å². The number of nitrogens with one attached hydrogen (secondary N) is 4. The largest absolute Gasteiger partial charge is 0.477 e. The van der Waals surface area contributed by atoms with E-state index < -0.39 is 35.4 Å². The number of amides is 4. The fourth-order valence-corrected chi connectivity index (χ4v) is 4.28. The zero-order valence-corrected chi connectivity index (χ0v) is 25.2. The summed E-state index contributed by atoms with van der Waals surface area (Å²) in [5.74, 6) is -2.66. The number of rotatable bonds is 8. The minimum Gasteiger partial charge on any atom is -0.477 e. The standard InChI is InChI=1S/C28H33N9O7/c1-28(2,3)44-27(43)31-17-9-19(35(5)13-17)24(39)33-21-14-37(7)22(32-21)25(40)30-15-8-18(34(4)11-15)23(38)29-16-10-20(26(41)42)36(6)12-16/h8-14H,1-7H3,(H,29,38)(H,30,40)(H,31,43)(H,33,39)(H,41,42). The number of aryl methyl sites for hydroxylation is 4. The van der Waals surface area contributed by atoms with Crippen molar-refractivity contribution in [2.45, 2.75) is 26.4 Å². The van der Waals surface area contributed by atoms with Crippen molar-refractivity contribution in [1.82, 2.24) is 23.3 Å². The highest BCUT2D eigenvalue weighted by Gasteiger charge is 2.22. The van der Waals surface area contributed by atoms with Crippen molar-refractivity contribution in [3.8, 4) is 0 Å². The van der Waals surface area contributed by atoms with E-state index in [1.165, 1.54) is 55.1 Å². The molecular weight excluding hydrogens is 574 g/mol. The fraction of sp³-hybridized carbons (Fsp3) is 0.286. The molecule has 0 saturated carbocycles. The van der Waals surface area contributed by atoms with Gasteiger partial charge in [0, 0.05) is 53.0 Å². The number of carboxylic acids is 1. The van der Waals surface area contributed by atoms with Crippen LogP contribution in [0, 0.1) is 0 Å². The average Bonchev–Trinajstić information content (AvgIpc) is 3.64. The third-order valence-corrected chi connectivity index (χ3v) is 6.18. The predicted octanol–water partition coefficient (Wildman–Crippen LogP) is 3.24. The monoisotopic (exact) mass is 607 g/mol. The fourth-order valence-electron chi connectivity index (χ4n) is 4.28. The van der Waals surface area contributed by atoms with Crippen LogP contribution in [0.15, 0.2) is 43.0 Å². The van der Waals surface area contributed by atoms with Gasteiger partial charge in [-0.25, -0.2) is 14.6 Å². The zero-order chi connectivity index (χ0) is 32.5. The Morgan fingerprint density at radius 3 is 1.61 bits per heavy atom. The van der Waals surface area contributed by atoms with Gasteiger partial charge in [-0.15, -0.1) is 0 Å². The van der Waals surface area contributed by atoms with Crippen LogP contribution in [0.3, 0.4) is 0 Å². The Hall–Kier alpha value is -5.80. The Bertz CT molecular complexity index is 1780. The number of carbonyl (C=O) groups is 5. The molecule has 4 heterocycles. The summed E-state index contributed by atoms with van der Waals surface area (Å²) in [6, 6.07) is 4.26. The van der Waals surface area contributed by atoms with Gasteiger partial charge >= 0.3 is 12.1 Å². The summed E-state index contributed by atoms with van der Waals surface area (Å²) in [5.41, 5.74) is 0.720. The Morgan fingerprint density at radius 2 is 1.11 bits per heavy atom. The average molecular weight is 608 g/mol. The van der Waals surface area contributed by atoms with Gasteiger partial charge in [0.2, 0.25) is 5.82 Å². The summed E-state index contributed by atoms with van der Waals surface area (Å²) in [4.78, 5) is 66.3. The second-order valence-electron chi connectivity index (χ2n) is 11.0. The van der Waals surface area contributed by atoms with Gasteiger partial charge < -0.3 is 44.1 Å². The normalized spacial score (nSPS) is 11.2. The molecule has 0 unspecified atom stereocenters. The van der Waals surface area contributed by atoms with Crippen LogP contribution < -0.4 is 21.3 Å². The molecule has 0 fully saturated rings. The number of anilines is 4.